The molecule has 3 aromatic carbocycles. The predicted octanol–water partition coefficient (Wildman–Crippen LogP) is 9.46. The third-order valence-electron chi connectivity index (χ3n) is 7.88. The quantitative estimate of drug-likeness (QED) is 0.282. The monoisotopic (exact) mass is 499 g/mol. The van der Waals surface area contributed by atoms with Gasteiger partial charge in [-0.15, -0.1) is 0 Å². The molecule has 0 N–H and O–H groups in total. The first kappa shape index (κ1) is 25.8. The van der Waals surface area contributed by atoms with Crippen LogP contribution in [0, 0.1) is 0 Å². The van der Waals surface area contributed by atoms with Crippen molar-refractivity contribution in [3.05, 3.63) is 108 Å². The van der Waals surface area contributed by atoms with Crippen LogP contribution in [0.3, 0.4) is 0 Å². The molecule has 1 fully saturated rings. The van der Waals surface area contributed by atoms with Crippen LogP contribution in [0.5, 0.6) is 0 Å². The molecular formula is C35H37N3. The highest BCUT2D eigenvalue weighted by atomic mass is 15.0. The van der Waals surface area contributed by atoms with Crippen molar-refractivity contribution in [2.45, 2.75) is 65.2 Å². The minimum Gasteiger partial charge on any atom is -0.208 e. The molecule has 0 radical (unpaired) electrons. The highest BCUT2D eigenvalue weighted by molar-refractivity contribution is 5.96. The summed E-state index contributed by atoms with van der Waals surface area (Å²) in [6, 6.07) is 27.2. The van der Waals surface area contributed by atoms with Crippen molar-refractivity contribution in [2.24, 2.45) is 0 Å². The smallest absolute Gasteiger partial charge is 0.164 e. The van der Waals surface area contributed by atoms with Gasteiger partial charge in [0.25, 0.3) is 0 Å². The molecule has 0 amide bonds. The Morgan fingerprint density at radius 3 is 1.68 bits per heavy atom. The van der Waals surface area contributed by atoms with E-state index in [4.69, 9.17) is 15.0 Å². The van der Waals surface area contributed by atoms with Crippen molar-refractivity contribution in [1.82, 2.24) is 15.0 Å². The van der Waals surface area contributed by atoms with Crippen molar-refractivity contribution >= 4 is 5.57 Å². The van der Waals surface area contributed by atoms with Crippen LogP contribution in [0.15, 0.2) is 96.6 Å². The van der Waals surface area contributed by atoms with Crippen molar-refractivity contribution in [3.8, 4) is 34.2 Å². The zero-order valence-corrected chi connectivity index (χ0v) is 23.0. The van der Waals surface area contributed by atoms with Gasteiger partial charge in [-0.3, -0.25) is 0 Å². The van der Waals surface area contributed by atoms with E-state index in [-0.39, 0.29) is 5.41 Å². The molecule has 1 saturated carbocycles. The van der Waals surface area contributed by atoms with Gasteiger partial charge < -0.3 is 0 Å². The zero-order chi connectivity index (χ0) is 26.5. The Labute approximate surface area is 227 Å². The van der Waals surface area contributed by atoms with Crippen LogP contribution in [0.25, 0.3) is 39.7 Å². The number of nitrogens with zero attached hydrogens (tertiary/aromatic N) is 3. The topological polar surface area (TPSA) is 38.7 Å². The standard InChI is InChI=1S/C33H31N3.C2H6/c1-3-25-27(4-2)33(21-12-7-13-22-33)28-20-14-19-26(29(25)28)32-35-30(23-15-8-5-9-16-23)34-31(36-32)24-17-10-6-11-18-24;1-2/h3-6,8-11,14-20H,7,12-13,21-22H2,1-2H3;1-2H3/b25-3+,27-4+;. The summed E-state index contributed by atoms with van der Waals surface area (Å²) in [7, 11) is 0. The predicted molar refractivity (Wildman–Crippen MR) is 160 cm³/mol. The maximum Gasteiger partial charge on any atom is 0.164 e. The van der Waals surface area contributed by atoms with Crippen LogP contribution in [-0.4, -0.2) is 15.0 Å². The molecule has 1 aromatic heterocycles. The second-order valence-electron chi connectivity index (χ2n) is 9.81. The van der Waals surface area contributed by atoms with Gasteiger partial charge in [0.1, 0.15) is 0 Å². The number of benzene rings is 3. The number of aromatic nitrogens is 3. The van der Waals surface area contributed by atoms with Crippen molar-refractivity contribution in [3.63, 3.8) is 0 Å². The van der Waals surface area contributed by atoms with Crippen LogP contribution >= 0.6 is 0 Å². The summed E-state index contributed by atoms with van der Waals surface area (Å²) in [6.07, 6.45) is 10.9. The summed E-state index contributed by atoms with van der Waals surface area (Å²) >= 11 is 0. The molecule has 1 heterocycles. The molecule has 0 saturated heterocycles. The summed E-state index contributed by atoms with van der Waals surface area (Å²) in [4.78, 5) is 15.0. The van der Waals surface area contributed by atoms with E-state index < -0.39 is 0 Å². The second kappa shape index (κ2) is 11.3. The molecule has 4 aromatic rings. The van der Waals surface area contributed by atoms with E-state index in [2.05, 4.69) is 68.5 Å². The van der Waals surface area contributed by atoms with Crippen LogP contribution in [-0.2, 0) is 5.41 Å². The lowest BCUT2D eigenvalue weighted by molar-refractivity contribution is 0.352. The van der Waals surface area contributed by atoms with Gasteiger partial charge in [-0.1, -0.05) is 124 Å². The average Bonchev–Trinajstić information content (AvgIpc) is 3.27. The summed E-state index contributed by atoms with van der Waals surface area (Å²) < 4.78 is 0. The number of allylic oxidation sites excluding steroid dienone is 4. The van der Waals surface area contributed by atoms with Gasteiger partial charge in [0.2, 0.25) is 0 Å². The Morgan fingerprint density at radius 2 is 1.16 bits per heavy atom. The van der Waals surface area contributed by atoms with Gasteiger partial charge in [0.15, 0.2) is 17.5 Å². The highest BCUT2D eigenvalue weighted by Crippen LogP contribution is 2.58. The van der Waals surface area contributed by atoms with Crippen LogP contribution in [0.1, 0.15) is 70.9 Å². The molecule has 38 heavy (non-hydrogen) atoms. The van der Waals surface area contributed by atoms with E-state index >= 15 is 0 Å². The fraction of sp³-hybridized carbons (Fsp3) is 0.286. The summed E-state index contributed by atoms with van der Waals surface area (Å²) in [5.74, 6) is 2.15. The van der Waals surface area contributed by atoms with Gasteiger partial charge in [0, 0.05) is 22.1 Å². The molecular weight excluding hydrogens is 462 g/mol. The Bertz CT molecular complexity index is 1400. The Morgan fingerprint density at radius 1 is 0.605 bits per heavy atom. The molecule has 0 aliphatic heterocycles. The van der Waals surface area contributed by atoms with E-state index in [0.717, 1.165) is 22.5 Å². The molecule has 2 aliphatic rings. The first-order chi connectivity index (χ1) is 18.7. The zero-order valence-electron chi connectivity index (χ0n) is 23.0. The van der Waals surface area contributed by atoms with Crippen LogP contribution in [0.4, 0.5) is 0 Å². The van der Waals surface area contributed by atoms with Crippen LogP contribution in [0.2, 0.25) is 0 Å². The maximum absolute atomic E-state index is 5.06. The van der Waals surface area contributed by atoms with E-state index in [1.54, 1.807) is 0 Å². The van der Waals surface area contributed by atoms with Gasteiger partial charge in [-0.05, 0) is 49.0 Å². The van der Waals surface area contributed by atoms with Gasteiger partial charge in [-0.25, -0.2) is 15.0 Å². The third kappa shape index (κ3) is 4.41. The van der Waals surface area contributed by atoms with E-state index in [0.29, 0.717) is 11.6 Å². The molecule has 2 aliphatic carbocycles. The van der Waals surface area contributed by atoms with Crippen LogP contribution < -0.4 is 0 Å². The molecule has 6 rings (SSSR count). The lowest BCUT2D eigenvalue weighted by atomic mass is 9.67. The molecule has 192 valence electrons. The molecule has 3 nitrogen and oxygen atoms in total. The molecule has 0 atom stereocenters. The minimum atomic E-state index is 0.109. The highest BCUT2D eigenvalue weighted by Gasteiger charge is 2.46. The SMILES string of the molecule is C/C=C1\C(=C/C)c2c(-c3nc(-c4ccccc4)nc(-c4ccccc4)n3)cccc2C12CCCCC2.CC. The average molecular weight is 500 g/mol. The van der Waals surface area contributed by atoms with Crippen molar-refractivity contribution in [1.29, 1.82) is 0 Å². The molecule has 1 spiro atoms. The summed E-state index contributed by atoms with van der Waals surface area (Å²) in [5.41, 5.74) is 8.77. The lowest BCUT2D eigenvalue weighted by Crippen LogP contribution is -2.28. The Hall–Kier alpha value is -3.85. The Balaban J connectivity index is 0.00000144. The van der Waals surface area contributed by atoms with E-state index in [1.165, 1.54) is 54.4 Å². The van der Waals surface area contributed by atoms with Gasteiger partial charge in [-0.2, -0.15) is 0 Å². The van der Waals surface area contributed by atoms with E-state index in [1.807, 2.05) is 50.2 Å². The van der Waals surface area contributed by atoms with Gasteiger partial charge in [0.05, 0.1) is 0 Å². The lowest BCUT2D eigenvalue weighted by Gasteiger charge is -2.36. The normalized spacial score (nSPS) is 17.8. The number of rotatable bonds is 3. The van der Waals surface area contributed by atoms with Gasteiger partial charge >= 0.3 is 0 Å². The first-order valence-electron chi connectivity index (χ1n) is 14.1. The first-order valence-corrected chi connectivity index (χ1v) is 14.1. The number of fused-ring (bicyclic) bond motifs is 2. The number of hydrogen-bond donors (Lipinski definition) is 0. The van der Waals surface area contributed by atoms with E-state index in [9.17, 15) is 0 Å². The fourth-order valence-electron chi connectivity index (χ4n) is 6.32. The number of hydrogen-bond acceptors (Lipinski definition) is 3. The minimum absolute atomic E-state index is 0.109. The fourth-order valence-corrected chi connectivity index (χ4v) is 6.32. The largest absolute Gasteiger partial charge is 0.208 e. The molecule has 3 heteroatoms. The summed E-state index contributed by atoms with van der Waals surface area (Å²) in [5, 5.41) is 0. The molecule has 0 unspecified atom stereocenters. The third-order valence-corrected chi connectivity index (χ3v) is 7.88. The molecule has 0 bridgehead atoms. The summed E-state index contributed by atoms with van der Waals surface area (Å²) in [6.45, 7) is 8.37. The second-order valence-corrected chi connectivity index (χ2v) is 9.81. The van der Waals surface area contributed by atoms with Crippen molar-refractivity contribution in [2.75, 3.05) is 0 Å². The Kier molecular flexibility index (Phi) is 7.64. The maximum atomic E-state index is 5.06. The van der Waals surface area contributed by atoms with Crippen molar-refractivity contribution < 1.29 is 0 Å².